The van der Waals surface area contributed by atoms with Gasteiger partial charge in [-0.1, -0.05) is 18.2 Å². The maximum absolute atomic E-state index is 13.3. The monoisotopic (exact) mass is 336 g/mol. The summed E-state index contributed by atoms with van der Waals surface area (Å²) in [4.78, 5) is 26.8. The molecule has 0 aliphatic heterocycles. The number of benzene rings is 2. The van der Waals surface area contributed by atoms with Crippen molar-refractivity contribution < 1.29 is 14.7 Å². The van der Waals surface area contributed by atoms with E-state index < -0.39 is 5.97 Å². The summed E-state index contributed by atoms with van der Waals surface area (Å²) in [5.41, 5.74) is 3.32. The molecule has 0 spiro atoms. The van der Waals surface area contributed by atoms with Gasteiger partial charge < -0.3 is 14.6 Å². The Kier molecular flexibility index (Phi) is 4.08. The summed E-state index contributed by atoms with van der Waals surface area (Å²) in [7, 11) is 5.61. The lowest BCUT2D eigenvalue weighted by Gasteiger charge is -2.15. The average molecular weight is 336 g/mol. The van der Waals surface area contributed by atoms with E-state index in [1.165, 1.54) is 6.07 Å². The molecule has 3 rings (SSSR count). The molecule has 1 aromatic heterocycles. The smallest absolute Gasteiger partial charge is 0.336 e. The number of carbonyl (C=O) groups is 2. The van der Waals surface area contributed by atoms with Crippen molar-refractivity contribution in [3.05, 3.63) is 64.8 Å². The molecular weight excluding hydrogens is 316 g/mol. The number of aromatic carboxylic acids is 1. The number of hydrogen-bond donors (Lipinski definition) is 1. The molecule has 3 aromatic rings. The topological polar surface area (TPSA) is 62.5 Å². The van der Waals surface area contributed by atoms with Gasteiger partial charge in [0.1, 0.15) is 0 Å². The van der Waals surface area contributed by atoms with Gasteiger partial charge in [-0.05, 0) is 31.2 Å². The summed E-state index contributed by atoms with van der Waals surface area (Å²) in [5.74, 6) is -1.37. The van der Waals surface area contributed by atoms with Crippen molar-refractivity contribution in [3.63, 3.8) is 0 Å². The van der Waals surface area contributed by atoms with Gasteiger partial charge in [0.15, 0.2) is 5.78 Å². The lowest BCUT2D eigenvalue weighted by atomic mass is 9.95. The summed E-state index contributed by atoms with van der Waals surface area (Å²) in [6.07, 6.45) is 0. The second-order valence-electron chi connectivity index (χ2n) is 6.30. The third kappa shape index (κ3) is 2.67. The maximum Gasteiger partial charge on any atom is 0.336 e. The van der Waals surface area contributed by atoms with Crippen LogP contribution in [0.15, 0.2) is 42.5 Å². The van der Waals surface area contributed by atoms with Crippen molar-refractivity contribution in [3.8, 4) is 0 Å². The Hall–Kier alpha value is -3.08. The van der Waals surface area contributed by atoms with Crippen LogP contribution in [0.4, 0.5) is 5.69 Å². The lowest BCUT2D eigenvalue weighted by molar-refractivity contribution is 0.0693. The molecule has 0 amide bonds. The molecule has 0 saturated heterocycles. The molecule has 0 bridgehead atoms. The zero-order chi connectivity index (χ0) is 18.3. The van der Waals surface area contributed by atoms with Crippen molar-refractivity contribution in [1.82, 2.24) is 4.57 Å². The minimum atomic E-state index is -1.11. The Morgan fingerprint density at radius 1 is 1.04 bits per heavy atom. The fourth-order valence-electron chi connectivity index (χ4n) is 3.13. The maximum atomic E-state index is 13.3. The molecule has 0 aliphatic carbocycles. The number of nitrogens with zero attached hydrogens (tertiary/aromatic N) is 2. The van der Waals surface area contributed by atoms with Crippen molar-refractivity contribution in [2.24, 2.45) is 7.05 Å². The van der Waals surface area contributed by atoms with E-state index >= 15 is 0 Å². The van der Waals surface area contributed by atoms with E-state index in [-0.39, 0.29) is 16.9 Å². The molecule has 0 radical (unpaired) electrons. The molecule has 1 heterocycles. The Balaban J connectivity index is 2.28. The average Bonchev–Trinajstić information content (AvgIpc) is 2.85. The fourth-order valence-corrected chi connectivity index (χ4v) is 3.13. The molecule has 0 fully saturated rings. The number of aryl methyl sites for hydroxylation is 1. The number of para-hydroxylation sites is 1. The van der Waals surface area contributed by atoms with E-state index in [9.17, 15) is 14.7 Å². The SMILES string of the molecule is Cc1c(C(=O)c2cc(N(C)C)ccc2C(=O)O)c2ccccc2n1C. The second-order valence-corrected chi connectivity index (χ2v) is 6.30. The van der Waals surface area contributed by atoms with Crippen LogP contribution in [0, 0.1) is 6.92 Å². The molecule has 0 unspecified atom stereocenters. The first kappa shape index (κ1) is 16.8. The number of ketones is 1. The van der Waals surface area contributed by atoms with E-state index in [2.05, 4.69) is 0 Å². The van der Waals surface area contributed by atoms with Gasteiger partial charge in [-0.2, -0.15) is 0 Å². The summed E-state index contributed by atoms with van der Waals surface area (Å²) in [6, 6.07) is 12.5. The first-order chi connectivity index (χ1) is 11.8. The Morgan fingerprint density at radius 2 is 1.72 bits per heavy atom. The third-order valence-corrected chi connectivity index (χ3v) is 4.62. The summed E-state index contributed by atoms with van der Waals surface area (Å²) < 4.78 is 1.96. The van der Waals surface area contributed by atoms with Crippen LogP contribution in [0.3, 0.4) is 0 Å². The predicted octanol–water partition coefficient (Wildman–Crippen LogP) is 3.48. The van der Waals surface area contributed by atoms with Crippen LogP contribution in [0.25, 0.3) is 10.9 Å². The quantitative estimate of drug-likeness (QED) is 0.741. The highest BCUT2D eigenvalue weighted by Crippen LogP contribution is 2.29. The van der Waals surface area contributed by atoms with E-state index in [4.69, 9.17) is 0 Å². The number of rotatable bonds is 4. The van der Waals surface area contributed by atoms with Crippen LogP contribution in [-0.2, 0) is 7.05 Å². The van der Waals surface area contributed by atoms with Crippen LogP contribution >= 0.6 is 0 Å². The van der Waals surface area contributed by atoms with Crippen LogP contribution < -0.4 is 4.90 Å². The molecule has 0 atom stereocenters. The molecule has 5 nitrogen and oxygen atoms in total. The largest absolute Gasteiger partial charge is 0.478 e. The fraction of sp³-hybridized carbons (Fsp3) is 0.200. The molecule has 5 heteroatoms. The van der Waals surface area contributed by atoms with Crippen LogP contribution in [-0.4, -0.2) is 35.5 Å². The first-order valence-electron chi connectivity index (χ1n) is 7.96. The highest BCUT2D eigenvalue weighted by Gasteiger charge is 2.24. The van der Waals surface area contributed by atoms with Crippen LogP contribution in [0.2, 0.25) is 0 Å². The number of carboxylic acids is 1. The van der Waals surface area contributed by atoms with Gasteiger partial charge in [-0.15, -0.1) is 0 Å². The van der Waals surface area contributed by atoms with Gasteiger partial charge in [0.25, 0.3) is 0 Å². The molecule has 2 aromatic carbocycles. The van der Waals surface area contributed by atoms with E-state index in [0.29, 0.717) is 5.56 Å². The van der Waals surface area contributed by atoms with E-state index in [1.54, 1.807) is 12.1 Å². The second kappa shape index (κ2) is 6.09. The number of carboxylic acid groups (broad SMARTS) is 1. The standard InChI is InChI=1S/C20H20N2O3/c1-12-18(15-7-5-6-8-17(15)22(12)4)19(23)16-11-13(21(2)3)9-10-14(16)20(24)25/h5-11H,1-4H3,(H,24,25). The highest BCUT2D eigenvalue weighted by molar-refractivity contribution is 6.20. The summed E-state index contributed by atoms with van der Waals surface area (Å²) >= 11 is 0. The Labute approximate surface area is 146 Å². The number of aromatic nitrogens is 1. The van der Waals surface area contributed by atoms with Gasteiger partial charge in [0, 0.05) is 49.0 Å². The molecule has 1 N–H and O–H groups in total. The Bertz CT molecular complexity index is 1000. The number of fused-ring (bicyclic) bond motifs is 1. The number of carbonyl (C=O) groups excluding carboxylic acids is 1. The normalized spacial score (nSPS) is 10.9. The van der Waals surface area contributed by atoms with Crippen LogP contribution in [0.1, 0.15) is 32.0 Å². The molecule has 128 valence electrons. The van der Waals surface area contributed by atoms with Gasteiger partial charge in [0.05, 0.1) is 11.1 Å². The first-order valence-corrected chi connectivity index (χ1v) is 7.96. The number of hydrogen-bond acceptors (Lipinski definition) is 3. The number of anilines is 1. The molecule has 25 heavy (non-hydrogen) atoms. The van der Waals surface area contributed by atoms with Gasteiger partial charge in [-0.25, -0.2) is 4.79 Å². The third-order valence-electron chi connectivity index (χ3n) is 4.62. The van der Waals surface area contributed by atoms with E-state index in [1.807, 2.05) is 61.8 Å². The lowest BCUT2D eigenvalue weighted by Crippen LogP contribution is -2.14. The predicted molar refractivity (Wildman–Crippen MR) is 98.8 cm³/mol. The molecule has 0 aliphatic rings. The van der Waals surface area contributed by atoms with Gasteiger partial charge in [-0.3, -0.25) is 4.79 Å². The van der Waals surface area contributed by atoms with Crippen LogP contribution in [0.5, 0.6) is 0 Å². The molecular formula is C20H20N2O3. The van der Waals surface area contributed by atoms with Crippen molar-refractivity contribution in [1.29, 1.82) is 0 Å². The zero-order valence-corrected chi connectivity index (χ0v) is 14.7. The minimum Gasteiger partial charge on any atom is -0.478 e. The summed E-state index contributed by atoms with van der Waals surface area (Å²) in [5, 5.41) is 10.3. The Morgan fingerprint density at radius 3 is 2.36 bits per heavy atom. The van der Waals surface area contributed by atoms with Gasteiger partial charge >= 0.3 is 5.97 Å². The molecule has 0 saturated carbocycles. The van der Waals surface area contributed by atoms with E-state index in [0.717, 1.165) is 22.3 Å². The van der Waals surface area contributed by atoms with Gasteiger partial charge in [0.2, 0.25) is 0 Å². The van der Waals surface area contributed by atoms with Crippen molar-refractivity contribution in [2.75, 3.05) is 19.0 Å². The van der Waals surface area contributed by atoms with Crippen molar-refractivity contribution >= 4 is 28.3 Å². The van der Waals surface area contributed by atoms with Crippen molar-refractivity contribution in [2.45, 2.75) is 6.92 Å². The zero-order valence-electron chi connectivity index (χ0n) is 14.7. The minimum absolute atomic E-state index is 0.0166. The summed E-state index contributed by atoms with van der Waals surface area (Å²) in [6.45, 7) is 1.88. The highest BCUT2D eigenvalue weighted by atomic mass is 16.4.